The first-order valence-electron chi connectivity index (χ1n) is 10.4. The maximum Gasteiger partial charge on any atom is 0.341 e. The van der Waals surface area contributed by atoms with E-state index in [2.05, 4.69) is 10.6 Å². The predicted octanol–water partition coefficient (Wildman–Crippen LogP) is 4.83. The van der Waals surface area contributed by atoms with E-state index >= 15 is 0 Å². The molecular weight excluding hydrogens is 432 g/mol. The number of halogens is 1. The second-order valence-corrected chi connectivity index (χ2v) is 8.47. The van der Waals surface area contributed by atoms with Gasteiger partial charge in [-0.05, 0) is 49.7 Å². The summed E-state index contributed by atoms with van der Waals surface area (Å²) >= 11 is 6.24. The van der Waals surface area contributed by atoms with Crippen LogP contribution in [0.3, 0.4) is 0 Å². The van der Waals surface area contributed by atoms with Crippen molar-refractivity contribution in [3.05, 3.63) is 58.1 Å². The summed E-state index contributed by atoms with van der Waals surface area (Å²) in [5, 5.41) is 5.86. The fourth-order valence-electron chi connectivity index (χ4n) is 2.76. The van der Waals surface area contributed by atoms with Gasteiger partial charge >= 0.3 is 5.97 Å². The van der Waals surface area contributed by atoms with Crippen LogP contribution in [0.4, 0.5) is 5.69 Å². The van der Waals surface area contributed by atoms with E-state index in [1.807, 2.05) is 27.7 Å². The Morgan fingerprint density at radius 1 is 0.969 bits per heavy atom. The van der Waals surface area contributed by atoms with Gasteiger partial charge in [0, 0.05) is 17.6 Å². The lowest BCUT2D eigenvalue weighted by Crippen LogP contribution is -2.34. The molecule has 2 amide bonds. The molecule has 0 aliphatic carbocycles. The lowest BCUT2D eigenvalue weighted by Gasteiger charge is -2.18. The number of esters is 1. The first kappa shape index (κ1) is 25.2. The Bertz CT molecular complexity index is 998. The van der Waals surface area contributed by atoms with E-state index < -0.39 is 17.3 Å². The van der Waals surface area contributed by atoms with Crippen LogP contribution in [-0.2, 0) is 16.1 Å². The fourth-order valence-corrected chi connectivity index (χ4v) is 2.96. The van der Waals surface area contributed by atoms with Crippen molar-refractivity contribution in [1.29, 1.82) is 0 Å². The number of rotatable bonds is 8. The van der Waals surface area contributed by atoms with Crippen molar-refractivity contribution in [3.63, 3.8) is 0 Å². The number of anilines is 1. The van der Waals surface area contributed by atoms with Crippen LogP contribution < -0.4 is 15.4 Å². The van der Waals surface area contributed by atoms with E-state index in [9.17, 15) is 14.4 Å². The summed E-state index contributed by atoms with van der Waals surface area (Å²) in [6, 6.07) is 9.72. The number of amides is 2. The minimum absolute atomic E-state index is 0.0978. The standard InChI is InChI=1S/C24H29ClN2O5/c1-6-31-20-11-9-16(13-18(20)22(29)32-7-2)27-21(28)17-12-15(8-10-19(17)25)14-26-23(30)24(3,4)5/h8-13H,6-7,14H2,1-5H3,(H,26,30)(H,27,28). The van der Waals surface area contributed by atoms with E-state index in [1.54, 1.807) is 37.3 Å². The second kappa shape index (κ2) is 11.0. The molecule has 2 N–H and O–H groups in total. The van der Waals surface area contributed by atoms with Gasteiger partial charge in [-0.1, -0.05) is 38.4 Å². The molecule has 0 bridgehead atoms. The molecule has 0 atom stereocenters. The van der Waals surface area contributed by atoms with Crippen molar-refractivity contribution in [2.45, 2.75) is 41.2 Å². The zero-order chi connectivity index (χ0) is 23.9. The summed E-state index contributed by atoms with van der Waals surface area (Å²) in [5.41, 5.74) is 1.08. The molecule has 0 fully saturated rings. The number of hydrogen-bond donors (Lipinski definition) is 2. The van der Waals surface area contributed by atoms with Crippen molar-refractivity contribution >= 4 is 35.1 Å². The molecule has 0 radical (unpaired) electrons. The molecule has 0 aromatic heterocycles. The fraction of sp³-hybridized carbons (Fsp3) is 0.375. The van der Waals surface area contributed by atoms with Crippen LogP contribution >= 0.6 is 11.6 Å². The monoisotopic (exact) mass is 460 g/mol. The van der Waals surface area contributed by atoms with Gasteiger partial charge in [0.15, 0.2) is 0 Å². The van der Waals surface area contributed by atoms with Crippen LogP contribution in [-0.4, -0.2) is 31.0 Å². The molecule has 172 valence electrons. The van der Waals surface area contributed by atoms with Crippen LogP contribution in [0.1, 0.15) is 60.9 Å². The van der Waals surface area contributed by atoms with Gasteiger partial charge in [-0.2, -0.15) is 0 Å². The summed E-state index contributed by atoms with van der Waals surface area (Å²) in [6.07, 6.45) is 0. The lowest BCUT2D eigenvalue weighted by molar-refractivity contribution is -0.128. The zero-order valence-electron chi connectivity index (χ0n) is 19.0. The number of benzene rings is 2. The molecule has 0 aliphatic heterocycles. The van der Waals surface area contributed by atoms with Crippen LogP contribution in [0.2, 0.25) is 5.02 Å². The van der Waals surface area contributed by atoms with Gasteiger partial charge in [0.1, 0.15) is 11.3 Å². The van der Waals surface area contributed by atoms with Gasteiger partial charge in [0.05, 0.1) is 23.8 Å². The summed E-state index contributed by atoms with van der Waals surface area (Å²) in [4.78, 5) is 37.3. The Balaban J connectivity index is 2.22. The first-order chi connectivity index (χ1) is 15.1. The maximum atomic E-state index is 12.9. The molecule has 2 aromatic carbocycles. The summed E-state index contributed by atoms with van der Waals surface area (Å²) in [6.45, 7) is 9.86. The largest absolute Gasteiger partial charge is 0.493 e. The van der Waals surface area contributed by atoms with E-state index in [-0.39, 0.29) is 35.2 Å². The first-order valence-corrected chi connectivity index (χ1v) is 10.8. The lowest BCUT2D eigenvalue weighted by atomic mass is 9.95. The predicted molar refractivity (Wildman–Crippen MR) is 124 cm³/mol. The summed E-state index contributed by atoms with van der Waals surface area (Å²) < 4.78 is 10.6. The van der Waals surface area contributed by atoms with Gasteiger partial charge in [0.25, 0.3) is 5.91 Å². The number of ether oxygens (including phenoxy) is 2. The smallest absolute Gasteiger partial charge is 0.341 e. The Morgan fingerprint density at radius 3 is 2.31 bits per heavy atom. The Labute approximate surface area is 193 Å². The van der Waals surface area contributed by atoms with E-state index in [0.29, 0.717) is 18.0 Å². The Kier molecular flexibility index (Phi) is 8.66. The van der Waals surface area contributed by atoms with Gasteiger partial charge in [-0.3, -0.25) is 9.59 Å². The molecule has 32 heavy (non-hydrogen) atoms. The van der Waals surface area contributed by atoms with Gasteiger partial charge in [0.2, 0.25) is 5.91 Å². The summed E-state index contributed by atoms with van der Waals surface area (Å²) in [7, 11) is 0. The van der Waals surface area contributed by atoms with Crippen LogP contribution in [0.5, 0.6) is 5.75 Å². The minimum Gasteiger partial charge on any atom is -0.493 e. The average Bonchev–Trinajstić information content (AvgIpc) is 2.73. The van der Waals surface area contributed by atoms with Crippen molar-refractivity contribution in [1.82, 2.24) is 5.32 Å². The highest BCUT2D eigenvalue weighted by atomic mass is 35.5. The molecule has 7 nitrogen and oxygen atoms in total. The topological polar surface area (TPSA) is 93.7 Å². The Morgan fingerprint density at radius 2 is 1.69 bits per heavy atom. The second-order valence-electron chi connectivity index (χ2n) is 8.07. The number of hydrogen-bond acceptors (Lipinski definition) is 5. The third-order valence-corrected chi connectivity index (χ3v) is 4.77. The van der Waals surface area contributed by atoms with Crippen molar-refractivity contribution < 1.29 is 23.9 Å². The third-order valence-electron chi connectivity index (χ3n) is 4.44. The zero-order valence-corrected chi connectivity index (χ0v) is 19.8. The maximum absolute atomic E-state index is 12.9. The summed E-state index contributed by atoms with van der Waals surface area (Å²) in [5.74, 6) is -0.711. The highest BCUT2D eigenvalue weighted by Crippen LogP contribution is 2.26. The SMILES string of the molecule is CCOC(=O)c1cc(NC(=O)c2cc(CNC(=O)C(C)(C)C)ccc2Cl)ccc1OCC. The van der Waals surface area contributed by atoms with Crippen LogP contribution in [0, 0.1) is 5.41 Å². The minimum atomic E-state index is -0.540. The van der Waals surface area contributed by atoms with Gasteiger partial charge in [-0.25, -0.2) is 4.79 Å². The molecular formula is C24H29ClN2O5. The average molecular weight is 461 g/mol. The highest BCUT2D eigenvalue weighted by Gasteiger charge is 2.21. The molecule has 0 saturated carbocycles. The molecule has 2 aromatic rings. The Hall–Kier alpha value is -3.06. The molecule has 0 heterocycles. The molecule has 0 spiro atoms. The van der Waals surface area contributed by atoms with E-state index in [1.165, 1.54) is 6.07 Å². The van der Waals surface area contributed by atoms with E-state index in [0.717, 1.165) is 5.56 Å². The highest BCUT2D eigenvalue weighted by molar-refractivity contribution is 6.34. The third kappa shape index (κ3) is 6.72. The molecule has 0 saturated heterocycles. The van der Waals surface area contributed by atoms with Crippen molar-refractivity contribution in [2.75, 3.05) is 18.5 Å². The van der Waals surface area contributed by atoms with Gasteiger partial charge < -0.3 is 20.1 Å². The van der Waals surface area contributed by atoms with Gasteiger partial charge in [-0.15, -0.1) is 0 Å². The van der Waals surface area contributed by atoms with E-state index in [4.69, 9.17) is 21.1 Å². The number of carbonyl (C=O) groups is 3. The van der Waals surface area contributed by atoms with Crippen molar-refractivity contribution in [3.8, 4) is 5.75 Å². The quantitative estimate of drug-likeness (QED) is 0.550. The van der Waals surface area contributed by atoms with Crippen molar-refractivity contribution in [2.24, 2.45) is 5.41 Å². The number of nitrogens with one attached hydrogen (secondary N) is 2. The van der Waals surface area contributed by atoms with Crippen LogP contribution in [0.25, 0.3) is 0 Å². The molecule has 0 unspecified atom stereocenters. The number of carbonyl (C=O) groups excluding carboxylic acids is 3. The van der Waals surface area contributed by atoms with Crippen LogP contribution in [0.15, 0.2) is 36.4 Å². The molecule has 8 heteroatoms. The normalized spacial score (nSPS) is 10.9. The molecule has 0 aliphatic rings. The molecule has 2 rings (SSSR count).